The second-order valence-corrected chi connectivity index (χ2v) is 8.16. The van der Waals surface area contributed by atoms with Gasteiger partial charge in [-0.2, -0.15) is 5.10 Å². The number of rotatable bonds is 7. The highest BCUT2D eigenvalue weighted by molar-refractivity contribution is 5.96. The molecular formula is C22H31N3O4. The van der Waals surface area contributed by atoms with Crippen LogP contribution in [-0.2, 0) is 26.8 Å². The first-order valence-corrected chi connectivity index (χ1v) is 9.73. The van der Waals surface area contributed by atoms with Gasteiger partial charge in [-0.1, -0.05) is 32.9 Å². The molecule has 0 unspecified atom stereocenters. The Hall–Kier alpha value is -2.83. The van der Waals surface area contributed by atoms with E-state index in [1.165, 1.54) is 5.56 Å². The van der Waals surface area contributed by atoms with E-state index >= 15 is 0 Å². The van der Waals surface area contributed by atoms with Crippen LogP contribution in [0.2, 0.25) is 0 Å². The summed E-state index contributed by atoms with van der Waals surface area (Å²) in [6.45, 7) is 11.8. The summed E-state index contributed by atoms with van der Waals surface area (Å²) in [5.74, 6) is -0.186. The van der Waals surface area contributed by atoms with E-state index in [2.05, 4.69) is 31.2 Å². The first-order chi connectivity index (χ1) is 13.5. The van der Waals surface area contributed by atoms with Crippen molar-refractivity contribution in [2.45, 2.75) is 59.5 Å². The smallest absolute Gasteiger partial charge is 0.310 e. The molecule has 1 atom stereocenters. The van der Waals surface area contributed by atoms with Crippen molar-refractivity contribution in [2.75, 3.05) is 11.9 Å². The Bertz CT molecular complexity index is 863. The number of benzene rings is 1. The Morgan fingerprint density at radius 1 is 1.17 bits per heavy atom. The van der Waals surface area contributed by atoms with Gasteiger partial charge in [-0.3, -0.25) is 14.3 Å². The van der Waals surface area contributed by atoms with Crippen molar-refractivity contribution >= 4 is 17.6 Å². The average molecular weight is 402 g/mol. The first kappa shape index (κ1) is 22.5. The van der Waals surface area contributed by atoms with Crippen molar-refractivity contribution in [3.8, 4) is 5.75 Å². The van der Waals surface area contributed by atoms with Crippen LogP contribution < -0.4 is 10.1 Å². The summed E-state index contributed by atoms with van der Waals surface area (Å²) in [6.07, 6.45) is -0.851. The zero-order chi connectivity index (χ0) is 21.8. The van der Waals surface area contributed by atoms with Gasteiger partial charge in [0.25, 0.3) is 5.91 Å². The number of nitrogens with one attached hydrogen (secondary N) is 1. The van der Waals surface area contributed by atoms with Crippen LogP contribution in [0.5, 0.6) is 5.75 Å². The van der Waals surface area contributed by atoms with Crippen molar-refractivity contribution in [1.82, 2.24) is 9.78 Å². The molecule has 0 aliphatic carbocycles. The number of ether oxygens (including phenoxy) is 2. The van der Waals surface area contributed by atoms with Gasteiger partial charge in [-0.25, -0.2) is 0 Å². The molecule has 1 aromatic carbocycles. The molecule has 1 N–H and O–H groups in total. The van der Waals surface area contributed by atoms with Crippen molar-refractivity contribution in [3.05, 3.63) is 41.2 Å². The third kappa shape index (κ3) is 6.07. The van der Waals surface area contributed by atoms with E-state index in [9.17, 15) is 9.59 Å². The lowest BCUT2D eigenvalue weighted by Crippen LogP contribution is -2.30. The fourth-order valence-electron chi connectivity index (χ4n) is 2.79. The van der Waals surface area contributed by atoms with Gasteiger partial charge in [0.2, 0.25) is 0 Å². The van der Waals surface area contributed by atoms with Crippen LogP contribution in [0.4, 0.5) is 5.69 Å². The van der Waals surface area contributed by atoms with Crippen molar-refractivity contribution < 1.29 is 19.1 Å². The average Bonchev–Trinajstić information content (AvgIpc) is 2.87. The SMILES string of the molecule is Cc1nn(C)c(C)c1NC(=O)[C@H](C)OC(=O)CCOc1ccc(C(C)(C)C)cc1. The molecular weight excluding hydrogens is 370 g/mol. The Morgan fingerprint density at radius 2 is 1.79 bits per heavy atom. The zero-order valence-electron chi connectivity index (χ0n) is 18.3. The maximum absolute atomic E-state index is 12.3. The number of amides is 1. The topological polar surface area (TPSA) is 82.5 Å². The Kier molecular flexibility index (Phi) is 7.06. The number of esters is 1. The third-order valence-electron chi connectivity index (χ3n) is 4.73. The molecule has 0 bridgehead atoms. The van der Waals surface area contributed by atoms with Crippen LogP contribution in [0.1, 0.15) is 51.1 Å². The van der Waals surface area contributed by atoms with Gasteiger partial charge in [0, 0.05) is 7.05 Å². The van der Waals surface area contributed by atoms with E-state index in [0.29, 0.717) is 17.1 Å². The number of carbonyl (C=O) groups is 2. The highest BCUT2D eigenvalue weighted by Crippen LogP contribution is 2.24. The number of aryl methyl sites for hydroxylation is 2. The number of aromatic nitrogens is 2. The van der Waals surface area contributed by atoms with E-state index in [4.69, 9.17) is 9.47 Å². The van der Waals surface area contributed by atoms with Crippen LogP contribution in [-0.4, -0.2) is 34.4 Å². The van der Waals surface area contributed by atoms with Crippen LogP contribution >= 0.6 is 0 Å². The molecule has 0 saturated heterocycles. The van der Waals surface area contributed by atoms with Gasteiger partial charge < -0.3 is 14.8 Å². The largest absolute Gasteiger partial charge is 0.493 e. The summed E-state index contributed by atoms with van der Waals surface area (Å²) < 4.78 is 12.5. The molecule has 0 spiro atoms. The van der Waals surface area contributed by atoms with Crippen LogP contribution in [0.15, 0.2) is 24.3 Å². The Labute approximate surface area is 172 Å². The predicted octanol–water partition coefficient (Wildman–Crippen LogP) is 3.67. The Balaban J connectivity index is 1.79. The minimum Gasteiger partial charge on any atom is -0.493 e. The maximum atomic E-state index is 12.3. The summed E-state index contributed by atoms with van der Waals surface area (Å²) in [7, 11) is 1.80. The minimum absolute atomic E-state index is 0.0591. The van der Waals surface area contributed by atoms with Crippen molar-refractivity contribution in [1.29, 1.82) is 0 Å². The van der Waals surface area contributed by atoms with Crippen molar-refractivity contribution in [3.63, 3.8) is 0 Å². The molecule has 29 heavy (non-hydrogen) atoms. The van der Waals surface area contributed by atoms with E-state index < -0.39 is 18.0 Å². The highest BCUT2D eigenvalue weighted by Gasteiger charge is 2.21. The Morgan fingerprint density at radius 3 is 2.31 bits per heavy atom. The lowest BCUT2D eigenvalue weighted by atomic mass is 9.87. The molecule has 0 radical (unpaired) electrons. The summed E-state index contributed by atoms with van der Waals surface area (Å²) in [5.41, 5.74) is 3.47. The van der Waals surface area contributed by atoms with Gasteiger partial charge in [0.1, 0.15) is 5.75 Å². The van der Waals surface area contributed by atoms with E-state index in [1.807, 2.05) is 38.1 Å². The van der Waals surface area contributed by atoms with Gasteiger partial charge >= 0.3 is 5.97 Å². The fraction of sp³-hybridized carbons (Fsp3) is 0.500. The van der Waals surface area contributed by atoms with Gasteiger partial charge in [-0.05, 0) is 43.9 Å². The highest BCUT2D eigenvalue weighted by atomic mass is 16.5. The molecule has 7 nitrogen and oxygen atoms in total. The second kappa shape index (κ2) is 9.11. The maximum Gasteiger partial charge on any atom is 0.310 e. The fourth-order valence-corrected chi connectivity index (χ4v) is 2.79. The number of nitrogens with zero attached hydrogens (tertiary/aromatic N) is 2. The molecule has 0 saturated carbocycles. The molecule has 0 aliphatic heterocycles. The second-order valence-electron chi connectivity index (χ2n) is 8.16. The summed E-state index contributed by atoms with van der Waals surface area (Å²) in [6, 6.07) is 7.81. The van der Waals surface area contributed by atoms with E-state index in [1.54, 1.807) is 18.7 Å². The van der Waals surface area contributed by atoms with Crippen LogP contribution in [0.25, 0.3) is 0 Å². The summed E-state index contributed by atoms with van der Waals surface area (Å²) >= 11 is 0. The van der Waals surface area contributed by atoms with Crippen LogP contribution in [0, 0.1) is 13.8 Å². The third-order valence-corrected chi connectivity index (χ3v) is 4.73. The number of hydrogen-bond acceptors (Lipinski definition) is 5. The zero-order valence-corrected chi connectivity index (χ0v) is 18.3. The molecule has 2 aromatic rings. The quantitative estimate of drug-likeness (QED) is 0.716. The lowest BCUT2D eigenvalue weighted by molar-refractivity contribution is -0.153. The number of carbonyl (C=O) groups excluding carboxylic acids is 2. The molecule has 7 heteroatoms. The molecule has 2 rings (SSSR count). The lowest BCUT2D eigenvalue weighted by Gasteiger charge is -2.19. The summed E-state index contributed by atoms with van der Waals surface area (Å²) in [5, 5.41) is 7.02. The minimum atomic E-state index is -0.910. The molecule has 0 fully saturated rings. The van der Waals surface area contributed by atoms with Gasteiger partial charge in [-0.15, -0.1) is 0 Å². The predicted molar refractivity (Wildman–Crippen MR) is 112 cm³/mol. The molecule has 1 heterocycles. The first-order valence-electron chi connectivity index (χ1n) is 9.73. The van der Waals surface area contributed by atoms with Crippen molar-refractivity contribution in [2.24, 2.45) is 7.05 Å². The normalized spacial score (nSPS) is 12.4. The molecule has 158 valence electrons. The standard InChI is InChI=1S/C22H31N3O4/c1-14-20(15(2)25(7)24-14)23-21(27)16(3)29-19(26)12-13-28-18-10-8-17(9-11-18)22(4,5)6/h8-11,16H,12-13H2,1-7H3,(H,23,27)/t16-/m0/s1. The molecule has 1 aromatic heterocycles. The molecule has 0 aliphatic rings. The molecule has 1 amide bonds. The van der Waals surface area contributed by atoms with Gasteiger partial charge in [0.05, 0.1) is 30.1 Å². The number of anilines is 1. The monoisotopic (exact) mass is 401 g/mol. The number of hydrogen-bond donors (Lipinski definition) is 1. The van der Waals surface area contributed by atoms with E-state index in [0.717, 1.165) is 5.69 Å². The van der Waals surface area contributed by atoms with Gasteiger partial charge in [0.15, 0.2) is 6.10 Å². The van der Waals surface area contributed by atoms with E-state index in [-0.39, 0.29) is 18.4 Å². The van der Waals surface area contributed by atoms with Crippen LogP contribution in [0.3, 0.4) is 0 Å². The summed E-state index contributed by atoms with van der Waals surface area (Å²) in [4.78, 5) is 24.3.